The van der Waals surface area contributed by atoms with Gasteiger partial charge in [0.25, 0.3) is 0 Å². The van der Waals surface area contributed by atoms with Gasteiger partial charge in [0.05, 0.1) is 26.9 Å². The van der Waals surface area contributed by atoms with Crippen molar-refractivity contribution in [2.24, 2.45) is 0 Å². The first-order valence-electron chi connectivity index (χ1n) is 6.85. The third kappa shape index (κ3) is 4.77. The summed E-state index contributed by atoms with van der Waals surface area (Å²) in [5.41, 5.74) is 1.76. The summed E-state index contributed by atoms with van der Waals surface area (Å²) in [5, 5.41) is 9.16. The van der Waals surface area contributed by atoms with Crippen LogP contribution in [0.4, 0.5) is 0 Å². The second-order valence-electron chi connectivity index (χ2n) is 4.52. The highest BCUT2D eigenvalue weighted by atomic mass is 16.5. The van der Waals surface area contributed by atoms with Gasteiger partial charge in [0, 0.05) is 5.56 Å². The van der Waals surface area contributed by atoms with Gasteiger partial charge in [0.15, 0.2) is 0 Å². The van der Waals surface area contributed by atoms with Crippen LogP contribution in [0, 0.1) is 0 Å². The second kappa shape index (κ2) is 8.29. The Morgan fingerprint density at radius 3 is 2.52 bits per heavy atom. The van der Waals surface area contributed by atoms with E-state index in [1.54, 1.807) is 7.11 Å². The zero-order valence-electron chi connectivity index (χ0n) is 12.1. The van der Waals surface area contributed by atoms with Gasteiger partial charge in [-0.2, -0.15) is 0 Å². The highest BCUT2D eigenvalue weighted by molar-refractivity contribution is 5.36. The van der Waals surface area contributed by atoms with Crippen LogP contribution in [0.2, 0.25) is 0 Å². The van der Waals surface area contributed by atoms with Gasteiger partial charge in [-0.05, 0) is 29.8 Å². The van der Waals surface area contributed by atoms with Crippen LogP contribution in [0.25, 0.3) is 0 Å². The van der Waals surface area contributed by atoms with E-state index in [0.29, 0.717) is 19.8 Å². The molecule has 0 spiro atoms. The van der Waals surface area contributed by atoms with Gasteiger partial charge in [-0.3, -0.25) is 0 Å². The Kier molecular flexibility index (Phi) is 6.06. The minimum absolute atomic E-state index is 0.00805. The molecule has 0 aromatic heterocycles. The SMILES string of the molecule is COc1ccc(CO)cc1COCCOc1ccccc1. The third-order valence-corrected chi connectivity index (χ3v) is 3.02. The average Bonchev–Trinajstić information content (AvgIpc) is 2.55. The maximum absolute atomic E-state index is 9.16. The monoisotopic (exact) mass is 288 g/mol. The number of hydrogen-bond acceptors (Lipinski definition) is 4. The summed E-state index contributed by atoms with van der Waals surface area (Å²) >= 11 is 0. The van der Waals surface area contributed by atoms with Gasteiger partial charge in [-0.15, -0.1) is 0 Å². The van der Waals surface area contributed by atoms with Crippen LogP contribution in [-0.4, -0.2) is 25.4 Å². The van der Waals surface area contributed by atoms with Gasteiger partial charge in [-0.25, -0.2) is 0 Å². The maximum Gasteiger partial charge on any atom is 0.124 e. The highest BCUT2D eigenvalue weighted by Gasteiger charge is 2.04. The summed E-state index contributed by atoms with van der Waals surface area (Å²) in [6.45, 7) is 1.41. The molecule has 4 nitrogen and oxygen atoms in total. The van der Waals surface area contributed by atoms with Crippen LogP contribution in [0.3, 0.4) is 0 Å². The molecule has 0 unspecified atom stereocenters. The van der Waals surface area contributed by atoms with Gasteiger partial charge in [0.2, 0.25) is 0 Å². The van der Waals surface area contributed by atoms with Crippen molar-refractivity contribution < 1.29 is 19.3 Å². The fraction of sp³-hybridized carbons (Fsp3) is 0.294. The predicted octanol–water partition coefficient (Wildman–Crippen LogP) is 2.78. The summed E-state index contributed by atoms with van der Waals surface area (Å²) in [7, 11) is 1.62. The fourth-order valence-corrected chi connectivity index (χ4v) is 1.96. The topological polar surface area (TPSA) is 47.9 Å². The van der Waals surface area contributed by atoms with Crippen molar-refractivity contribution in [3.05, 3.63) is 59.7 Å². The number of rotatable bonds is 8. The maximum atomic E-state index is 9.16. The number of benzene rings is 2. The second-order valence-corrected chi connectivity index (χ2v) is 4.52. The smallest absolute Gasteiger partial charge is 0.124 e. The lowest BCUT2D eigenvalue weighted by Gasteiger charge is -2.11. The Labute approximate surface area is 124 Å². The summed E-state index contributed by atoms with van der Waals surface area (Å²) < 4.78 is 16.4. The lowest BCUT2D eigenvalue weighted by Crippen LogP contribution is -2.07. The van der Waals surface area contributed by atoms with Gasteiger partial charge in [-0.1, -0.05) is 24.3 Å². The van der Waals surface area contributed by atoms with Crippen LogP contribution < -0.4 is 9.47 Å². The molecule has 0 bridgehead atoms. The Morgan fingerprint density at radius 1 is 1.00 bits per heavy atom. The molecule has 0 saturated carbocycles. The minimum atomic E-state index is 0.00805. The van der Waals surface area contributed by atoms with Crippen LogP contribution >= 0.6 is 0 Å². The van der Waals surface area contributed by atoms with Crippen molar-refractivity contribution in [2.45, 2.75) is 13.2 Å². The lowest BCUT2D eigenvalue weighted by atomic mass is 10.1. The van der Waals surface area contributed by atoms with E-state index in [-0.39, 0.29) is 6.61 Å². The number of para-hydroxylation sites is 1. The quantitative estimate of drug-likeness (QED) is 0.759. The normalized spacial score (nSPS) is 10.4. The van der Waals surface area contributed by atoms with E-state index < -0.39 is 0 Å². The van der Waals surface area contributed by atoms with Gasteiger partial charge < -0.3 is 19.3 Å². The highest BCUT2D eigenvalue weighted by Crippen LogP contribution is 2.20. The average molecular weight is 288 g/mol. The largest absolute Gasteiger partial charge is 0.496 e. The standard InChI is InChI=1S/C17H20O4/c1-19-17-8-7-14(12-18)11-15(17)13-20-9-10-21-16-5-3-2-4-6-16/h2-8,11,18H,9-10,12-13H2,1H3. The summed E-state index contributed by atoms with van der Waals surface area (Å²) in [6, 6.07) is 15.2. The molecule has 112 valence electrons. The van der Waals surface area contributed by atoms with Crippen molar-refractivity contribution in [3.8, 4) is 11.5 Å². The number of ether oxygens (including phenoxy) is 3. The summed E-state index contributed by atoms with van der Waals surface area (Å²) in [5.74, 6) is 1.59. The predicted molar refractivity (Wildman–Crippen MR) is 80.5 cm³/mol. The van der Waals surface area contributed by atoms with Crippen molar-refractivity contribution in [1.29, 1.82) is 0 Å². The van der Waals surface area contributed by atoms with E-state index in [0.717, 1.165) is 22.6 Å². The Hall–Kier alpha value is -2.04. The minimum Gasteiger partial charge on any atom is -0.496 e. The molecule has 0 amide bonds. The Balaban J connectivity index is 1.78. The van der Waals surface area contributed by atoms with E-state index in [9.17, 15) is 0 Å². The zero-order chi connectivity index (χ0) is 14.9. The number of aliphatic hydroxyl groups is 1. The number of methoxy groups -OCH3 is 1. The van der Waals surface area contributed by atoms with Crippen LogP contribution in [-0.2, 0) is 18.0 Å². The molecule has 0 aliphatic heterocycles. The molecular weight excluding hydrogens is 268 g/mol. The number of hydrogen-bond donors (Lipinski definition) is 1. The van der Waals surface area contributed by atoms with Crippen molar-refractivity contribution in [3.63, 3.8) is 0 Å². The molecule has 1 N–H and O–H groups in total. The first-order valence-corrected chi connectivity index (χ1v) is 6.85. The number of aliphatic hydroxyl groups excluding tert-OH is 1. The molecule has 0 heterocycles. The van der Waals surface area contributed by atoms with E-state index in [1.807, 2.05) is 48.5 Å². The molecule has 0 atom stereocenters. The Bertz CT molecular complexity index is 540. The van der Waals surface area contributed by atoms with Crippen molar-refractivity contribution in [1.82, 2.24) is 0 Å². The zero-order valence-corrected chi connectivity index (χ0v) is 12.1. The molecule has 2 aromatic rings. The summed E-state index contributed by atoms with van der Waals surface area (Å²) in [4.78, 5) is 0. The van der Waals surface area contributed by atoms with Gasteiger partial charge >= 0.3 is 0 Å². The lowest BCUT2D eigenvalue weighted by molar-refractivity contribution is 0.0875. The molecule has 0 aliphatic carbocycles. The first kappa shape index (κ1) is 15.4. The van der Waals surface area contributed by atoms with Crippen LogP contribution in [0.5, 0.6) is 11.5 Å². The molecule has 0 saturated heterocycles. The fourth-order valence-electron chi connectivity index (χ4n) is 1.96. The van der Waals surface area contributed by atoms with Crippen molar-refractivity contribution in [2.75, 3.05) is 20.3 Å². The van der Waals surface area contributed by atoms with Crippen molar-refractivity contribution >= 4 is 0 Å². The van der Waals surface area contributed by atoms with E-state index in [4.69, 9.17) is 19.3 Å². The van der Waals surface area contributed by atoms with Crippen LogP contribution in [0.1, 0.15) is 11.1 Å². The molecule has 21 heavy (non-hydrogen) atoms. The molecule has 2 aromatic carbocycles. The third-order valence-electron chi connectivity index (χ3n) is 3.02. The Morgan fingerprint density at radius 2 is 1.81 bits per heavy atom. The molecule has 0 fully saturated rings. The molecule has 4 heteroatoms. The first-order chi connectivity index (χ1) is 10.3. The molecule has 0 radical (unpaired) electrons. The van der Waals surface area contributed by atoms with Gasteiger partial charge in [0.1, 0.15) is 18.1 Å². The summed E-state index contributed by atoms with van der Waals surface area (Å²) in [6.07, 6.45) is 0. The molecular formula is C17H20O4. The molecule has 0 aliphatic rings. The van der Waals surface area contributed by atoms with E-state index in [1.165, 1.54) is 0 Å². The molecule has 2 rings (SSSR count). The van der Waals surface area contributed by atoms with Crippen LogP contribution in [0.15, 0.2) is 48.5 Å². The van der Waals surface area contributed by atoms with E-state index >= 15 is 0 Å². The van der Waals surface area contributed by atoms with E-state index in [2.05, 4.69) is 0 Å².